The van der Waals surface area contributed by atoms with Crippen LogP contribution in [-0.2, 0) is 5.60 Å². The molecule has 1 aromatic rings. The first-order chi connectivity index (χ1) is 6.66. The molecule has 1 rings (SSSR count). The molecule has 0 spiro atoms. The van der Waals surface area contributed by atoms with E-state index < -0.39 is 11.8 Å². The molecule has 15 heavy (non-hydrogen) atoms. The molecule has 4 heteroatoms. The van der Waals surface area contributed by atoms with Crippen LogP contribution in [0.25, 0.3) is 0 Å². The van der Waals surface area contributed by atoms with Crippen LogP contribution in [0.5, 0.6) is 0 Å². The molecule has 0 fully saturated rings. The number of rotatable bonds is 1. The highest BCUT2D eigenvalue weighted by atomic mass is 19.4. The summed E-state index contributed by atoms with van der Waals surface area (Å²) in [6, 6.07) is 4.24. The van der Waals surface area contributed by atoms with E-state index in [-0.39, 0.29) is 5.56 Å². The SMILES string of the molecule is Cc1ccc(C(C)(O)C(F)(F)F)cc1C. The second-order valence-corrected chi connectivity index (χ2v) is 3.87. The molecule has 1 unspecified atom stereocenters. The average molecular weight is 218 g/mol. The minimum absolute atomic E-state index is 0.127. The molecule has 0 heterocycles. The smallest absolute Gasteiger partial charge is 0.376 e. The maximum absolute atomic E-state index is 12.5. The van der Waals surface area contributed by atoms with Gasteiger partial charge in [0.15, 0.2) is 5.60 Å². The monoisotopic (exact) mass is 218 g/mol. The van der Waals surface area contributed by atoms with Crippen LogP contribution < -0.4 is 0 Å². The van der Waals surface area contributed by atoms with E-state index in [0.717, 1.165) is 18.1 Å². The molecule has 0 radical (unpaired) electrons. The van der Waals surface area contributed by atoms with Gasteiger partial charge in [-0.05, 0) is 37.5 Å². The molecule has 0 bridgehead atoms. The van der Waals surface area contributed by atoms with Gasteiger partial charge in [0.2, 0.25) is 0 Å². The highest BCUT2D eigenvalue weighted by Crippen LogP contribution is 2.38. The minimum Gasteiger partial charge on any atom is -0.376 e. The Balaban J connectivity index is 3.22. The first kappa shape index (κ1) is 12.0. The van der Waals surface area contributed by atoms with Crippen LogP contribution in [0, 0.1) is 13.8 Å². The molecule has 0 aliphatic heterocycles. The number of aliphatic hydroxyl groups is 1. The maximum Gasteiger partial charge on any atom is 0.421 e. The molecule has 0 saturated heterocycles. The summed E-state index contributed by atoms with van der Waals surface area (Å²) in [6.45, 7) is 4.28. The van der Waals surface area contributed by atoms with Crippen molar-refractivity contribution < 1.29 is 18.3 Å². The molecule has 0 amide bonds. The van der Waals surface area contributed by atoms with Crippen molar-refractivity contribution in [3.05, 3.63) is 34.9 Å². The second kappa shape index (κ2) is 3.52. The third-order valence-corrected chi connectivity index (χ3v) is 2.62. The van der Waals surface area contributed by atoms with Crippen molar-refractivity contribution in [1.82, 2.24) is 0 Å². The van der Waals surface area contributed by atoms with Crippen molar-refractivity contribution in [2.45, 2.75) is 32.5 Å². The molecule has 1 N–H and O–H groups in total. The molecule has 0 aliphatic rings. The third-order valence-electron chi connectivity index (χ3n) is 2.62. The van der Waals surface area contributed by atoms with E-state index in [4.69, 9.17) is 0 Å². The predicted octanol–water partition coefficient (Wildman–Crippen LogP) is 3.07. The van der Waals surface area contributed by atoms with Gasteiger partial charge in [0.1, 0.15) is 0 Å². The van der Waals surface area contributed by atoms with Gasteiger partial charge in [-0.3, -0.25) is 0 Å². The van der Waals surface area contributed by atoms with E-state index in [2.05, 4.69) is 0 Å². The van der Waals surface area contributed by atoms with Crippen molar-refractivity contribution in [2.75, 3.05) is 0 Å². The van der Waals surface area contributed by atoms with Crippen LogP contribution in [0.15, 0.2) is 18.2 Å². The molecular formula is C11H13F3O. The zero-order chi connectivity index (χ0) is 11.9. The van der Waals surface area contributed by atoms with Crippen LogP contribution in [0.3, 0.4) is 0 Å². The Kier molecular flexibility index (Phi) is 2.83. The second-order valence-electron chi connectivity index (χ2n) is 3.87. The lowest BCUT2D eigenvalue weighted by atomic mass is 9.92. The zero-order valence-electron chi connectivity index (χ0n) is 8.81. The summed E-state index contributed by atoms with van der Waals surface area (Å²) < 4.78 is 37.5. The van der Waals surface area contributed by atoms with Gasteiger partial charge in [-0.15, -0.1) is 0 Å². The van der Waals surface area contributed by atoms with Gasteiger partial charge in [0, 0.05) is 0 Å². The average Bonchev–Trinajstić information content (AvgIpc) is 2.07. The largest absolute Gasteiger partial charge is 0.421 e. The van der Waals surface area contributed by atoms with Crippen LogP contribution in [0.1, 0.15) is 23.6 Å². The Hall–Kier alpha value is -1.03. The number of aryl methyl sites for hydroxylation is 2. The first-order valence-electron chi connectivity index (χ1n) is 4.53. The van der Waals surface area contributed by atoms with Crippen molar-refractivity contribution in [3.8, 4) is 0 Å². The summed E-state index contributed by atoms with van der Waals surface area (Å²) in [5, 5.41) is 9.41. The van der Waals surface area contributed by atoms with Crippen molar-refractivity contribution in [2.24, 2.45) is 0 Å². The third kappa shape index (κ3) is 2.15. The van der Waals surface area contributed by atoms with Crippen LogP contribution in [0.2, 0.25) is 0 Å². The molecule has 1 atom stereocenters. The fourth-order valence-electron chi connectivity index (χ4n) is 1.21. The first-order valence-corrected chi connectivity index (χ1v) is 4.53. The Bertz CT molecular complexity index is 367. The molecule has 1 aromatic carbocycles. The van der Waals surface area contributed by atoms with E-state index >= 15 is 0 Å². The van der Waals surface area contributed by atoms with E-state index in [1.807, 2.05) is 0 Å². The van der Waals surface area contributed by atoms with Crippen molar-refractivity contribution in [1.29, 1.82) is 0 Å². The van der Waals surface area contributed by atoms with E-state index in [9.17, 15) is 18.3 Å². The van der Waals surface area contributed by atoms with Gasteiger partial charge >= 0.3 is 6.18 Å². The highest BCUT2D eigenvalue weighted by Gasteiger charge is 2.51. The summed E-state index contributed by atoms with van der Waals surface area (Å²) in [4.78, 5) is 0. The predicted molar refractivity (Wildman–Crippen MR) is 51.5 cm³/mol. The Morgan fingerprint density at radius 1 is 1.07 bits per heavy atom. The van der Waals surface area contributed by atoms with Gasteiger partial charge in [-0.1, -0.05) is 18.2 Å². The fraction of sp³-hybridized carbons (Fsp3) is 0.455. The van der Waals surface area contributed by atoms with E-state index in [1.165, 1.54) is 12.1 Å². The Morgan fingerprint density at radius 3 is 2.00 bits per heavy atom. The lowest BCUT2D eigenvalue weighted by Gasteiger charge is -2.27. The van der Waals surface area contributed by atoms with Gasteiger partial charge in [-0.2, -0.15) is 13.2 Å². The molecule has 0 aliphatic carbocycles. The quantitative estimate of drug-likeness (QED) is 0.768. The molecular weight excluding hydrogens is 205 g/mol. The van der Waals surface area contributed by atoms with E-state index in [1.54, 1.807) is 19.9 Å². The van der Waals surface area contributed by atoms with Crippen molar-refractivity contribution >= 4 is 0 Å². The fourth-order valence-corrected chi connectivity index (χ4v) is 1.21. The maximum atomic E-state index is 12.5. The lowest BCUT2D eigenvalue weighted by Crippen LogP contribution is -2.39. The van der Waals surface area contributed by atoms with Crippen LogP contribution >= 0.6 is 0 Å². The number of alkyl halides is 3. The number of halogens is 3. The minimum atomic E-state index is -4.66. The van der Waals surface area contributed by atoms with Gasteiger partial charge in [0.05, 0.1) is 0 Å². The molecule has 84 valence electrons. The van der Waals surface area contributed by atoms with Gasteiger partial charge in [-0.25, -0.2) is 0 Å². The van der Waals surface area contributed by atoms with Crippen LogP contribution in [0.4, 0.5) is 13.2 Å². The van der Waals surface area contributed by atoms with Gasteiger partial charge < -0.3 is 5.11 Å². The standard InChI is InChI=1S/C11H13F3O/c1-7-4-5-9(6-8(7)2)10(3,15)11(12,13)14/h4-6,15H,1-3H3. The normalized spacial score (nSPS) is 16.2. The number of hydrogen-bond acceptors (Lipinski definition) is 1. The molecule has 1 nitrogen and oxygen atoms in total. The summed E-state index contributed by atoms with van der Waals surface area (Å²) >= 11 is 0. The number of benzene rings is 1. The molecule has 0 saturated carbocycles. The van der Waals surface area contributed by atoms with Crippen molar-refractivity contribution in [3.63, 3.8) is 0 Å². The summed E-state index contributed by atoms with van der Waals surface area (Å²) in [5.41, 5.74) is -1.28. The highest BCUT2D eigenvalue weighted by molar-refractivity contribution is 5.33. The summed E-state index contributed by atoms with van der Waals surface area (Å²) in [7, 11) is 0. The zero-order valence-corrected chi connectivity index (χ0v) is 8.81. The summed E-state index contributed by atoms with van der Waals surface area (Å²) in [6.07, 6.45) is -4.66. The molecule has 0 aromatic heterocycles. The topological polar surface area (TPSA) is 20.2 Å². The van der Waals surface area contributed by atoms with Crippen LogP contribution in [-0.4, -0.2) is 11.3 Å². The Labute approximate surface area is 86.5 Å². The lowest BCUT2D eigenvalue weighted by molar-refractivity contribution is -0.258. The Morgan fingerprint density at radius 2 is 1.60 bits per heavy atom. The van der Waals surface area contributed by atoms with Gasteiger partial charge in [0.25, 0.3) is 0 Å². The number of hydrogen-bond donors (Lipinski definition) is 1. The summed E-state index contributed by atoms with van der Waals surface area (Å²) in [5.74, 6) is 0. The van der Waals surface area contributed by atoms with E-state index in [0.29, 0.717) is 0 Å².